The van der Waals surface area contributed by atoms with Crippen LogP contribution in [0.2, 0.25) is 0 Å². The molecular formula is C19H25NO4. The van der Waals surface area contributed by atoms with Crippen molar-refractivity contribution < 1.29 is 19.8 Å². The van der Waals surface area contributed by atoms with Crippen molar-refractivity contribution in [1.82, 2.24) is 4.90 Å². The fraction of sp³-hybridized carbons (Fsp3) is 0.579. The minimum atomic E-state index is -0.889. The predicted molar refractivity (Wildman–Crippen MR) is 89.9 cm³/mol. The highest BCUT2D eigenvalue weighted by Crippen LogP contribution is 2.37. The maximum atomic E-state index is 12.6. The molecule has 5 heteroatoms. The highest BCUT2D eigenvalue weighted by atomic mass is 16.4. The molecule has 0 aromatic heterocycles. The summed E-state index contributed by atoms with van der Waals surface area (Å²) >= 11 is 0. The van der Waals surface area contributed by atoms with E-state index in [0.717, 1.165) is 0 Å². The molecule has 3 rings (SSSR count). The summed E-state index contributed by atoms with van der Waals surface area (Å²) in [4.78, 5) is 25.9. The summed E-state index contributed by atoms with van der Waals surface area (Å²) in [7, 11) is 0. The smallest absolute Gasteiger partial charge is 0.309 e. The number of carboxylic acids is 1. The van der Waals surface area contributed by atoms with Gasteiger partial charge in [-0.15, -0.1) is 0 Å². The van der Waals surface area contributed by atoms with E-state index in [-0.39, 0.29) is 18.9 Å². The van der Waals surface area contributed by atoms with Crippen LogP contribution in [0.25, 0.3) is 0 Å². The lowest BCUT2D eigenvalue weighted by molar-refractivity contribution is -0.153. The van der Waals surface area contributed by atoms with Gasteiger partial charge in [-0.3, -0.25) is 9.59 Å². The molecule has 1 saturated carbocycles. The van der Waals surface area contributed by atoms with E-state index < -0.39 is 11.4 Å². The molecule has 24 heavy (non-hydrogen) atoms. The molecule has 0 bridgehead atoms. The topological polar surface area (TPSA) is 77.8 Å². The van der Waals surface area contributed by atoms with Crippen LogP contribution in [0.1, 0.15) is 60.4 Å². The summed E-state index contributed by atoms with van der Waals surface area (Å²) in [6.07, 6.45) is 4.81. The third-order valence-corrected chi connectivity index (χ3v) is 5.79. The van der Waals surface area contributed by atoms with E-state index in [0.29, 0.717) is 37.4 Å². The van der Waals surface area contributed by atoms with Crippen LogP contribution in [0.5, 0.6) is 0 Å². The first kappa shape index (κ1) is 17.0. The lowest BCUT2D eigenvalue weighted by Gasteiger charge is -2.38. The zero-order valence-electron chi connectivity index (χ0n) is 13.9. The molecule has 1 amide bonds. The van der Waals surface area contributed by atoms with Crippen molar-refractivity contribution in [3.05, 3.63) is 35.4 Å². The van der Waals surface area contributed by atoms with Gasteiger partial charge in [0.15, 0.2) is 0 Å². The maximum absolute atomic E-state index is 12.6. The second-order valence-corrected chi connectivity index (χ2v) is 7.10. The van der Waals surface area contributed by atoms with Gasteiger partial charge in [-0.1, -0.05) is 18.6 Å². The molecule has 0 spiro atoms. The number of nitrogens with zero attached hydrogens (tertiary/aromatic N) is 1. The average Bonchev–Trinajstić information content (AvgIpc) is 2.54. The number of carbonyl (C=O) groups is 2. The number of piperidine rings is 1. The number of aliphatic hydroxyl groups excluding tert-OH is 1. The van der Waals surface area contributed by atoms with Crippen LogP contribution >= 0.6 is 0 Å². The van der Waals surface area contributed by atoms with Crippen LogP contribution in [0.4, 0.5) is 0 Å². The number of hydrogen-bond donors (Lipinski definition) is 2. The van der Waals surface area contributed by atoms with Crippen LogP contribution < -0.4 is 0 Å². The zero-order chi connectivity index (χ0) is 17.2. The number of amides is 1. The normalized spacial score (nSPS) is 20.5. The quantitative estimate of drug-likeness (QED) is 0.869. The standard InChI is InChI=1S/C19H25NO4/c21-13-10-19(18(23)24)8-11-20(12-9-19)17(22)16-6-4-15(5-7-16)14-2-1-3-14/h4-7,14,21H,1-3,8-13H2,(H,23,24). The molecule has 2 fully saturated rings. The third-order valence-electron chi connectivity index (χ3n) is 5.79. The number of aliphatic carboxylic acids is 1. The van der Waals surface area contributed by atoms with Gasteiger partial charge in [0.2, 0.25) is 0 Å². The summed E-state index contributed by atoms with van der Waals surface area (Å²) in [5.41, 5.74) is 1.09. The van der Waals surface area contributed by atoms with Crippen molar-refractivity contribution in [1.29, 1.82) is 0 Å². The monoisotopic (exact) mass is 331 g/mol. The molecule has 1 aromatic rings. The van der Waals surface area contributed by atoms with Crippen LogP contribution in [0.15, 0.2) is 24.3 Å². The molecule has 1 saturated heterocycles. The Morgan fingerprint density at radius 1 is 1.12 bits per heavy atom. The molecule has 1 aliphatic heterocycles. The summed E-state index contributed by atoms with van der Waals surface area (Å²) in [6.45, 7) is 0.716. The van der Waals surface area contributed by atoms with Crippen molar-refractivity contribution in [2.45, 2.75) is 44.4 Å². The average molecular weight is 331 g/mol. The number of carbonyl (C=O) groups excluding carboxylic acids is 1. The number of likely N-dealkylation sites (tertiary alicyclic amines) is 1. The summed E-state index contributed by atoms with van der Waals surface area (Å²) in [5.74, 6) is -0.245. The predicted octanol–water partition coefficient (Wildman–Crippen LogP) is 2.64. The van der Waals surface area contributed by atoms with Crippen LogP contribution in [0, 0.1) is 5.41 Å². The van der Waals surface area contributed by atoms with Crippen LogP contribution in [-0.2, 0) is 4.79 Å². The van der Waals surface area contributed by atoms with Crippen LogP contribution in [0.3, 0.4) is 0 Å². The van der Waals surface area contributed by atoms with Crippen molar-refractivity contribution >= 4 is 11.9 Å². The number of carboxylic acid groups (broad SMARTS) is 1. The number of benzene rings is 1. The van der Waals surface area contributed by atoms with Gasteiger partial charge in [0.1, 0.15) is 0 Å². The number of hydrogen-bond acceptors (Lipinski definition) is 3. The second-order valence-electron chi connectivity index (χ2n) is 7.10. The van der Waals surface area contributed by atoms with Crippen molar-refractivity contribution in [3.63, 3.8) is 0 Å². The molecule has 2 N–H and O–H groups in total. The van der Waals surface area contributed by atoms with E-state index in [4.69, 9.17) is 5.11 Å². The Bertz CT molecular complexity index is 598. The maximum Gasteiger partial charge on any atom is 0.309 e. The molecule has 130 valence electrons. The Balaban J connectivity index is 1.63. The van der Waals surface area contributed by atoms with Gasteiger partial charge in [0.25, 0.3) is 5.91 Å². The van der Waals surface area contributed by atoms with Gasteiger partial charge in [-0.25, -0.2) is 0 Å². The molecule has 5 nitrogen and oxygen atoms in total. The highest BCUT2D eigenvalue weighted by Gasteiger charge is 2.41. The van der Waals surface area contributed by atoms with Crippen molar-refractivity contribution in [3.8, 4) is 0 Å². The highest BCUT2D eigenvalue weighted by molar-refractivity contribution is 5.94. The van der Waals surface area contributed by atoms with Gasteiger partial charge in [0.05, 0.1) is 5.41 Å². The Kier molecular flexibility index (Phi) is 4.90. The SMILES string of the molecule is O=C(c1ccc(C2CCC2)cc1)N1CCC(CCO)(C(=O)O)CC1. The summed E-state index contributed by atoms with van der Waals surface area (Å²) < 4.78 is 0. The van der Waals surface area contributed by atoms with Gasteiger partial charge in [-0.2, -0.15) is 0 Å². The fourth-order valence-corrected chi connectivity index (χ4v) is 3.74. The molecule has 1 aromatic carbocycles. The minimum Gasteiger partial charge on any atom is -0.481 e. The lowest BCUT2D eigenvalue weighted by atomic mass is 9.76. The van der Waals surface area contributed by atoms with Gasteiger partial charge in [-0.05, 0) is 55.7 Å². The van der Waals surface area contributed by atoms with Crippen molar-refractivity contribution in [2.24, 2.45) is 5.41 Å². The Labute approximate surface area is 142 Å². The molecule has 1 aliphatic carbocycles. The molecule has 0 radical (unpaired) electrons. The Hall–Kier alpha value is -1.88. The van der Waals surface area contributed by atoms with E-state index in [1.165, 1.54) is 24.8 Å². The van der Waals surface area contributed by atoms with E-state index in [9.17, 15) is 14.7 Å². The first-order valence-electron chi connectivity index (χ1n) is 8.79. The summed E-state index contributed by atoms with van der Waals surface area (Å²) in [6, 6.07) is 7.88. The molecule has 2 aliphatic rings. The Morgan fingerprint density at radius 2 is 1.75 bits per heavy atom. The van der Waals surface area contributed by atoms with E-state index >= 15 is 0 Å². The van der Waals surface area contributed by atoms with E-state index in [1.54, 1.807) is 4.90 Å². The summed E-state index contributed by atoms with van der Waals surface area (Å²) in [5, 5.41) is 18.6. The molecule has 1 heterocycles. The molecular weight excluding hydrogens is 306 g/mol. The third kappa shape index (κ3) is 3.18. The fourth-order valence-electron chi connectivity index (χ4n) is 3.74. The number of aliphatic hydroxyl groups is 1. The Morgan fingerprint density at radius 3 is 2.21 bits per heavy atom. The number of rotatable bonds is 5. The molecule has 0 unspecified atom stereocenters. The van der Waals surface area contributed by atoms with E-state index in [2.05, 4.69) is 0 Å². The zero-order valence-corrected chi connectivity index (χ0v) is 13.9. The largest absolute Gasteiger partial charge is 0.481 e. The van der Waals surface area contributed by atoms with Gasteiger partial charge >= 0.3 is 5.97 Å². The molecule has 0 atom stereocenters. The first-order valence-corrected chi connectivity index (χ1v) is 8.79. The van der Waals surface area contributed by atoms with E-state index in [1.807, 2.05) is 24.3 Å². The first-order chi connectivity index (χ1) is 11.6. The van der Waals surface area contributed by atoms with Crippen molar-refractivity contribution in [2.75, 3.05) is 19.7 Å². The van der Waals surface area contributed by atoms with Gasteiger partial charge in [0, 0.05) is 25.3 Å². The lowest BCUT2D eigenvalue weighted by Crippen LogP contribution is -2.47. The second kappa shape index (κ2) is 6.93. The van der Waals surface area contributed by atoms with Gasteiger partial charge < -0.3 is 15.1 Å². The minimum absolute atomic E-state index is 0.0295. The van der Waals surface area contributed by atoms with Crippen LogP contribution in [-0.4, -0.2) is 46.7 Å².